The molecule has 0 atom stereocenters. The molecule has 4 nitrogen and oxygen atoms in total. The molecule has 1 saturated carbocycles. The molecule has 1 fully saturated rings. The van der Waals surface area contributed by atoms with E-state index in [0.717, 1.165) is 18.4 Å². The first kappa shape index (κ1) is 13.1. The molecule has 18 heavy (non-hydrogen) atoms. The van der Waals surface area contributed by atoms with Gasteiger partial charge in [0.1, 0.15) is 0 Å². The van der Waals surface area contributed by atoms with Crippen LogP contribution in [0.25, 0.3) is 0 Å². The molecule has 0 saturated heterocycles. The predicted molar refractivity (Wildman–Crippen MR) is 66.9 cm³/mol. The fourth-order valence-electron chi connectivity index (χ4n) is 2.07. The first-order valence-corrected chi connectivity index (χ1v) is 7.64. The Morgan fingerprint density at radius 1 is 1.28 bits per heavy atom. The minimum atomic E-state index is -3.16. The van der Waals surface area contributed by atoms with E-state index in [1.54, 1.807) is 24.3 Å². The van der Waals surface area contributed by atoms with Crippen LogP contribution in [0.3, 0.4) is 0 Å². The van der Waals surface area contributed by atoms with Crippen LogP contribution < -0.4 is 0 Å². The number of carbonyl (C=O) groups excluding carboxylic acids is 1. The summed E-state index contributed by atoms with van der Waals surface area (Å²) >= 11 is 0. The van der Waals surface area contributed by atoms with Gasteiger partial charge in [-0.25, -0.2) is 8.42 Å². The van der Waals surface area contributed by atoms with Crippen molar-refractivity contribution in [2.75, 3.05) is 13.4 Å². The fraction of sp³-hybridized carbons (Fsp3) is 0.462. The molecule has 0 heterocycles. The highest BCUT2D eigenvalue weighted by molar-refractivity contribution is 7.90. The Kier molecular flexibility index (Phi) is 3.19. The minimum Gasteiger partial charge on any atom is -0.469 e. The van der Waals surface area contributed by atoms with Gasteiger partial charge in [0.05, 0.1) is 17.4 Å². The van der Waals surface area contributed by atoms with Gasteiger partial charge in [-0.3, -0.25) is 4.79 Å². The number of esters is 1. The van der Waals surface area contributed by atoms with Crippen LogP contribution in [0.1, 0.15) is 18.4 Å². The van der Waals surface area contributed by atoms with Crippen molar-refractivity contribution in [3.8, 4) is 0 Å². The number of sulfone groups is 1. The highest BCUT2D eigenvalue weighted by atomic mass is 32.2. The quantitative estimate of drug-likeness (QED) is 0.778. The number of rotatable bonds is 4. The molecule has 1 aromatic carbocycles. The zero-order valence-electron chi connectivity index (χ0n) is 10.5. The van der Waals surface area contributed by atoms with E-state index in [-0.39, 0.29) is 11.4 Å². The molecule has 5 heteroatoms. The van der Waals surface area contributed by atoms with Crippen LogP contribution in [0.2, 0.25) is 0 Å². The summed E-state index contributed by atoms with van der Waals surface area (Å²) in [6.07, 6.45) is 3.48. The maximum atomic E-state index is 11.6. The maximum Gasteiger partial charge on any atom is 0.312 e. The lowest BCUT2D eigenvalue weighted by Gasteiger charge is -2.12. The number of ether oxygens (including phenoxy) is 1. The Bertz CT molecular complexity index is 553. The zero-order valence-corrected chi connectivity index (χ0v) is 11.3. The Morgan fingerprint density at radius 3 is 2.22 bits per heavy atom. The van der Waals surface area contributed by atoms with Gasteiger partial charge in [0.25, 0.3) is 0 Å². The molecule has 0 radical (unpaired) electrons. The number of benzene rings is 1. The molecule has 0 aliphatic heterocycles. The second kappa shape index (κ2) is 4.39. The van der Waals surface area contributed by atoms with Crippen LogP contribution in [0.5, 0.6) is 0 Å². The summed E-state index contributed by atoms with van der Waals surface area (Å²) in [5.74, 6) is -0.172. The van der Waals surface area contributed by atoms with E-state index >= 15 is 0 Å². The molecule has 0 spiro atoms. The molecule has 1 aliphatic carbocycles. The number of carbonyl (C=O) groups is 1. The lowest BCUT2D eigenvalue weighted by atomic mass is 9.97. The van der Waals surface area contributed by atoms with Gasteiger partial charge in [-0.2, -0.15) is 0 Å². The van der Waals surface area contributed by atoms with E-state index in [0.29, 0.717) is 11.3 Å². The second-order valence-corrected chi connectivity index (χ2v) is 6.88. The summed E-state index contributed by atoms with van der Waals surface area (Å²) in [7, 11) is -1.76. The Hall–Kier alpha value is -1.36. The minimum absolute atomic E-state index is 0.172. The van der Waals surface area contributed by atoms with Crippen molar-refractivity contribution < 1.29 is 17.9 Å². The van der Waals surface area contributed by atoms with Gasteiger partial charge in [0.15, 0.2) is 9.84 Å². The number of hydrogen-bond acceptors (Lipinski definition) is 4. The standard InChI is InChI=1S/C13H16O4S/c1-17-12(14)13(7-8-13)9-10-3-5-11(6-4-10)18(2,15)16/h3-6H,7-9H2,1-2H3. The van der Waals surface area contributed by atoms with Crippen molar-refractivity contribution in [2.45, 2.75) is 24.2 Å². The van der Waals surface area contributed by atoms with E-state index in [1.807, 2.05) is 0 Å². The van der Waals surface area contributed by atoms with Crippen molar-refractivity contribution in [1.29, 1.82) is 0 Å². The highest BCUT2D eigenvalue weighted by Gasteiger charge is 2.50. The number of hydrogen-bond donors (Lipinski definition) is 0. The van der Waals surface area contributed by atoms with E-state index in [2.05, 4.69) is 0 Å². The second-order valence-electron chi connectivity index (χ2n) is 4.86. The van der Waals surface area contributed by atoms with E-state index in [4.69, 9.17) is 4.74 Å². The fourth-order valence-corrected chi connectivity index (χ4v) is 2.70. The monoisotopic (exact) mass is 268 g/mol. The molecule has 1 aromatic rings. The first-order valence-electron chi connectivity index (χ1n) is 5.75. The Balaban J connectivity index is 2.15. The lowest BCUT2D eigenvalue weighted by molar-refractivity contribution is -0.147. The van der Waals surface area contributed by atoms with Gasteiger partial charge >= 0.3 is 5.97 Å². The lowest BCUT2D eigenvalue weighted by Crippen LogP contribution is -2.20. The van der Waals surface area contributed by atoms with E-state index in [1.165, 1.54) is 13.4 Å². The Morgan fingerprint density at radius 2 is 1.83 bits per heavy atom. The average Bonchev–Trinajstić information content (AvgIpc) is 3.08. The van der Waals surface area contributed by atoms with E-state index < -0.39 is 9.84 Å². The highest BCUT2D eigenvalue weighted by Crippen LogP contribution is 2.49. The van der Waals surface area contributed by atoms with Crippen LogP contribution in [-0.4, -0.2) is 27.8 Å². The third-order valence-corrected chi connectivity index (χ3v) is 4.49. The van der Waals surface area contributed by atoms with Gasteiger partial charge in [0.2, 0.25) is 0 Å². The molecule has 0 bridgehead atoms. The first-order chi connectivity index (χ1) is 8.37. The Labute approximate surface area is 107 Å². The summed E-state index contributed by atoms with van der Waals surface area (Å²) in [5, 5.41) is 0. The molecule has 2 rings (SSSR count). The topological polar surface area (TPSA) is 60.4 Å². The summed E-state index contributed by atoms with van der Waals surface area (Å²) < 4.78 is 27.4. The summed E-state index contributed by atoms with van der Waals surface area (Å²) in [6.45, 7) is 0. The summed E-state index contributed by atoms with van der Waals surface area (Å²) in [5.41, 5.74) is 0.590. The normalized spacial score (nSPS) is 17.2. The van der Waals surface area contributed by atoms with E-state index in [9.17, 15) is 13.2 Å². The van der Waals surface area contributed by atoms with Gasteiger partial charge in [-0.15, -0.1) is 0 Å². The molecule has 0 unspecified atom stereocenters. The van der Waals surface area contributed by atoms with Crippen LogP contribution in [0, 0.1) is 5.41 Å². The van der Waals surface area contributed by atoms with Crippen LogP contribution in [-0.2, 0) is 25.8 Å². The largest absolute Gasteiger partial charge is 0.469 e. The van der Waals surface area contributed by atoms with Crippen molar-refractivity contribution in [1.82, 2.24) is 0 Å². The van der Waals surface area contributed by atoms with Crippen LogP contribution >= 0.6 is 0 Å². The van der Waals surface area contributed by atoms with Gasteiger partial charge in [-0.05, 0) is 37.0 Å². The molecule has 1 aliphatic rings. The molecule has 98 valence electrons. The third-order valence-electron chi connectivity index (χ3n) is 3.37. The smallest absolute Gasteiger partial charge is 0.312 e. The summed E-state index contributed by atoms with van der Waals surface area (Å²) in [6, 6.07) is 6.69. The molecule has 0 N–H and O–H groups in total. The maximum absolute atomic E-state index is 11.6. The van der Waals surface area contributed by atoms with Crippen molar-refractivity contribution in [3.63, 3.8) is 0 Å². The summed E-state index contributed by atoms with van der Waals surface area (Å²) in [4.78, 5) is 11.9. The van der Waals surface area contributed by atoms with Gasteiger partial charge in [-0.1, -0.05) is 12.1 Å². The average molecular weight is 268 g/mol. The molecule has 0 amide bonds. The third kappa shape index (κ3) is 2.56. The predicted octanol–water partition coefficient (Wildman–Crippen LogP) is 1.59. The molecule has 0 aromatic heterocycles. The van der Waals surface area contributed by atoms with Gasteiger partial charge < -0.3 is 4.74 Å². The SMILES string of the molecule is COC(=O)C1(Cc2ccc(S(C)(=O)=O)cc2)CC1. The molecular weight excluding hydrogens is 252 g/mol. The van der Waals surface area contributed by atoms with Crippen molar-refractivity contribution in [2.24, 2.45) is 5.41 Å². The van der Waals surface area contributed by atoms with Crippen LogP contribution in [0.15, 0.2) is 29.2 Å². The van der Waals surface area contributed by atoms with Crippen molar-refractivity contribution >= 4 is 15.8 Å². The van der Waals surface area contributed by atoms with Gasteiger partial charge in [0, 0.05) is 6.26 Å². The molecular formula is C13H16O4S. The van der Waals surface area contributed by atoms with Crippen molar-refractivity contribution in [3.05, 3.63) is 29.8 Å². The zero-order chi connectivity index (χ0) is 13.4. The van der Waals surface area contributed by atoms with Crippen LogP contribution in [0.4, 0.5) is 0 Å². The number of methoxy groups -OCH3 is 1.